The molecule has 0 unspecified atom stereocenters. The van der Waals surface area contributed by atoms with Gasteiger partial charge in [-0.1, -0.05) is 18.5 Å². The number of hydrogen-bond acceptors (Lipinski definition) is 3. The van der Waals surface area contributed by atoms with E-state index in [9.17, 15) is 9.18 Å². The van der Waals surface area contributed by atoms with Crippen molar-refractivity contribution < 1.29 is 13.9 Å². The molecular formula is C16H15ClFNO2. The minimum atomic E-state index is -0.473. The average Bonchev–Trinajstić information content (AvgIpc) is 2.49. The molecule has 2 rings (SSSR count). The van der Waals surface area contributed by atoms with Crippen molar-refractivity contribution in [3.8, 4) is 11.3 Å². The Bertz CT molecular complexity index is 673. The number of hydrogen-bond donors (Lipinski definition) is 0. The monoisotopic (exact) mass is 307 g/mol. The molecule has 0 radical (unpaired) electrons. The average molecular weight is 308 g/mol. The van der Waals surface area contributed by atoms with E-state index in [1.54, 1.807) is 25.1 Å². The molecule has 21 heavy (non-hydrogen) atoms. The Morgan fingerprint density at radius 1 is 1.29 bits per heavy atom. The molecule has 110 valence electrons. The number of pyridine rings is 1. The van der Waals surface area contributed by atoms with Crippen molar-refractivity contribution in [3.63, 3.8) is 0 Å². The number of nitrogens with zero attached hydrogens (tertiary/aromatic N) is 1. The summed E-state index contributed by atoms with van der Waals surface area (Å²) in [6.45, 7) is 3.98. The van der Waals surface area contributed by atoms with Gasteiger partial charge in [0.05, 0.1) is 28.6 Å². The second-order valence-corrected chi connectivity index (χ2v) is 4.80. The molecule has 0 atom stereocenters. The topological polar surface area (TPSA) is 39.2 Å². The van der Waals surface area contributed by atoms with E-state index in [0.29, 0.717) is 35.5 Å². The maximum absolute atomic E-state index is 13.2. The fraction of sp³-hybridized carbons (Fsp3) is 0.250. The maximum Gasteiger partial charge on any atom is 0.339 e. The summed E-state index contributed by atoms with van der Waals surface area (Å²) >= 11 is 5.78. The number of ether oxygens (including phenoxy) is 1. The van der Waals surface area contributed by atoms with Crippen molar-refractivity contribution in [2.24, 2.45) is 0 Å². The third-order valence-electron chi connectivity index (χ3n) is 3.02. The highest BCUT2D eigenvalue weighted by Crippen LogP contribution is 2.25. The van der Waals surface area contributed by atoms with Gasteiger partial charge in [-0.05, 0) is 43.7 Å². The smallest absolute Gasteiger partial charge is 0.339 e. The van der Waals surface area contributed by atoms with Crippen LogP contribution in [-0.2, 0) is 11.2 Å². The lowest BCUT2D eigenvalue weighted by Crippen LogP contribution is -2.09. The Labute approximate surface area is 127 Å². The molecule has 0 aliphatic heterocycles. The molecule has 1 heterocycles. The van der Waals surface area contributed by atoms with E-state index in [4.69, 9.17) is 16.3 Å². The van der Waals surface area contributed by atoms with Crippen molar-refractivity contribution >= 4 is 17.6 Å². The van der Waals surface area contributed by atoms with Gasteiger partial charge in [-0.25, -0.2) is 9.18 Å². The van der Waals surface area contributed by atoms with Crippen LogP contribution in [0.5, 0.6) is 0 Å². The molecule has 1 aromatic carbocycles. The number of halogens is 2. The summed E-state index contributed by atoms with van der Waals surface area (Å²) in [4.78, 5) is 16.3. The van der Waals surface area contributed by atoms with E-state index >= 15 is 0 Å². The van der Waals surface area contributed by atoms with Crippen LogP contribution in [0.25, 0.3) is 11.3 Å². The second-order valence-electron chi connectivity index (χ2n) is 4.39. The molecule has 0 N–H and O–H groups in total. The highest BCUT2D eigenvalue weighted by atomic mass is 35.5. The summed E-state index contributed by atoms with van der Waals surface area (Å²) in [6.07, 6.45) is 0.594. The lowest BCUT2D eigenvalue weighted by Gasteiger charge is -2.09. The largest absolute Gasteiger partial charge is 0.462 e. The quantitative estimate of drug-likeness (QED) is 0.791. The van der Waals surface area contributed by atoms with Gasteiger partial charge in [0.2, 0.25) is 0 Å². The Morgan fingerprint density at radius 2 is 2.05 bits per heavy atom. The fourth-order valence-electron chi connectivity index (χ4n) is 1.98. The molecule has 0 bridgehead atoms. The molecule has 0 fully saturated rings. The van der Waals surface area contributed by atoms with E-state index < -0.39 is 5.82 Å². The summed E-state index contributed by atoms with van der Waals surface area (Å²) in [5.74, 6) is -0.857. The van der Waals surface area contributed by atoms with Gasteiger partial charge in [-0.3, -0.25) is 4.98 Å². The molecule has 5 heteroatoms. The van der Waals surface area contributed by atoms with Gasteiger partial charge in [0.25, 0.3) is 0 Å². The number of aryl methyl sites for hydroxylation is 1. The van der Waals surface area contributed by atoms with Crippen LogP contribution >= 0.6 is 11.6 Å². The predicted molar refractivity (Wildman–Crippen MR) is 80.0 cm³/mol. The van der Waals surface area contributed by atoms with Crippen LogP contribution < -0.4 is 0 Å². The first-order valence-corrected chi connectivity index (χ1v) is 7.07. The molecule has 3 nitrogen and oxygen atoms in total. The van der Waals surface area contributed by atoms with Crippen LogP contribution in [0.1, 0.15) is 29.9 Å². The summed E-state index contributed by atoms with van der Waals surface area (Å²) in [6, 6.07) is 7.80. The fourth-order valence-corrected chi connectivity index (χ4v) is 2.16. The third kappa shape index (κ3) is 3.39. The zero-order valence-corrected chi connectivity index (χ0v) is 12.6. The van der Waals surface area contributed by atoms with Gasteiger partial charge in [0, 0.05) is 5.56 Å². The van der Waals surface area contributed by atoms with Crippen LogP contribution in [0, 0.1) is 5.82 Å². The SMILES string of the molecule is CCOC(=O)c1ccc(-c2ccc(F)c(Cl)c2)nc1CC. The van der Waals surface area contributed by atoms with E-state index in [-0.39, 0.29) is 11.0 Å². The first kappa shape index (κ1) is 15.4. The summed E-state index contributed by atoms with van der Waals surface area (Å²) in [7, 11) is 0. The minimum Gasteiger partial charge on any atom is -0.462 e. The Hall–Kier alpha value is -1.94. The van der Waals surface area contributed by atoms with Crippen molar-refractivity contribution in [3.05, 3.63) is 52.4 Å². The van der Waals surface area contributed by atoms with Crippen molar-refractivity contribution in [1.29, 1.82) is 0 Å². The molecule has 0 saturated carbocycles. The van der Waals surface area contributed by atoms with Crippen LogP contribution in [0.15, 0.2) is 30.3 Å². The number of benzene rings is 1. The van der Waals surface area contributed by atoms with E-state index in [0.717, 1.165) is 0 Å². The third-order valence-corrected chi connectivity index (χ3v) is 3.31. The lowest BCUT2D eigenvalue weighted by atomic mass is 10.1. The number of rotatable bonds is 4. The van der Waals surface area contributed by atoms with Gasteiger partial charge in [-0.2, -0.15) is 0 Å². The number of carbonyl (C=O) groups excluding carboxylic acids is 1. The number of esters is 1. The molecule has 0 aliphatic rings. The highest BCUT2D eigenvalue weighted by molar-refractivity contribution is 6.31. The molecule has 0 saturated heterocycles. The van der Waals surface area contributed by atoms with E-state index in [1.165, 1.54) is 12.1 Å². The van der Waals surface area contributed by atoms with Crippen molar-refractivity contribution in [1.82, 2.24) is 4.98 Å². The minimum absolute atomic E-state index is 0.0433. The normalized spacial score (nSPS) is 10.5. The maximum atomic E-state index is 13.2. The van der Waals surface area contributed by atoms with Crippen LogP contribution in [0.3, 0.4) is 0 Å². The van der Waals surface area contributed by atoms with Crippen LogP contribution in [-0.4, -0.2) is 17.6 Å². The first-order chi connectivity index (χ1) is 10.1. The number of aromatic nitrogens is 1. The summed E-state index contributed by atoms with van der Waals surface area (Å²) in [5.41, 5.74) is 2.44. The van der Waals surface area contributed by atoms with Gasteiger partial charge in [0.1, 0.15) is 5.82 Å². The zero-order valence-electron chi connectivity index (χ0n) is 11.8. The Morgan fingerprint density at radius 3 is 2.67 bits per heavy atom. The highest BCUT2D eigenvalue weighted by Gasteiger charge is 2.14. The van der Waals surface area contributed by atoms with E-state index in [1.807, 2.05) is 6.92 Å². The predicted octanol–water partition coefficient (Wildman–Crippen LogP) is 4.28. The molecule has 2 aromatic rings. The zero-order chi connectivity index (χ0) is 15.4. The Balaban J connectivity index is 2.42. The number of carbonyl (C=O) groups is 1. The van der Waals surface area contributed by atoms with Crippen molar-refractivity contribution in [2.75, 3.05) is 6.61 Å². The van der Waals surface area contributed by atoms with Gasteiger partial charge >= 0.3 is 5.97 Å². The molecule has 1 aromatic heterocycles. The van der Waals surface area contributed by atoms with Crippen LogP contribution in [0.4, 0.5) is 4.39 Å². The molecule has 0 spiro atoms. The lowest BCUT2D eigenvalue weighted by molar-refractivity contribution is 0.0524. The summed E-state index contributed by atoms with van der Waals surface area (Å²) < 4.78 is 18.2. The Kier molecular flexibility index (Phi) is 4.91. The van der Waals surface area contributed by atoms with Crippen molar-refractivity contribution in [2.45, 2.75) is 20.3 Å². The first-order valence-electron chi connectivity index (χ1n) is 6.69. The second kappa shape index (κ2) is 6.68. The summed E-state index contributed by atoms with van der Waals surface area (Å²) in [5, 5.41) is 0.0433. The molecule has 0 aliphatic carbocycles. The van der Waals surface area contributed by atoms with Crippen LogP contribution in [0.2, 0.25) is 5.02 Å². The van der Waals surface area contributed by atoms with E-state index in [2.05, 4.69) is 4.98 Å². The van der Waals surface area contributed by atoms with Gasteiger partial charge in [-0.15, -0.1) is 0 Å². The molecule has 0 amide bonds. The van der Waals surface area contributed by atoms with Gasteiger partial charge in [0.15, 0.2) is 0 Å². The standard InChI is InChI=1S/C16H15ClFNO2/c1-3-14-11(16(20)21-4-2)6-8-15(19-14)10-5-7-13(18)12(17)9-10/h5-9H,3-4H2,1-2H3. The van der Waals surface area contributed by atoms with Gasteiger partial charge < -0.3 is 4.74 Å². The molecular weight excluding hydrogens is 293 g/mol.